The smallest absolute Gasteiger partial charge is 0.0955 e. The van der Waals surface area contributed by atoms with Gasteiger partial charge < -0.3 is 10.2 Å². The van der Waals surface area contributed by atoms with E-state index in [1.807, 2.05) is 0 Å². The molecule has 0 spiro atoms. The van der Waals surface area contributed by atoms with Gasteiger partial charge in [-0.25, -0.2) is 0 Å². The summed E-state index contributed by atoms with van der Waals surface area (Å²) in [7, 11) is 0. The van der Waals surface area contributed by atoms with Gasteiger partial charge in [-0.15, -0.1) is 0 Å². The van der Waals surface area contributed by atoms with E-state index >= 15 is 0 Å². The van der Waals surface area contributed by atoms with Gasteiger partial charge in [0.25, 0.3) is 0 Å². The molecule has 0 bridgehead atoms. The minimum absolute atomic E-state index is 0.281. The highest BCUT2D eigenvalue weighted by Crippen LogP contribution is 1.95. The largest absolute Gasteiger partial charge is 0.393 e. The molecule has 0 saturated heterocycles. The van der Waals surface area contributed by atoms with Crippen molar-refractivity contribution in [3.05, 3.63) is 30.4 Å². The molecule has 12 heavy (non-hydrogen) atoms. The molecule has 4 heteroatoms. The molecule has 1 rings (SSSR count). The number of nitrogens with zero attached hydrogens (tertiary/aromatic N) is 2. The summed E-state index contributed by atoms with van der Waals surface area (Å²) in [6, 6.07) is 0. The molecule has 0 radical (unpaired) electrons. The van der Waals surface area contributed by atoms with Crippen molar-refractivity contribution in [3.8, 4) is 0 Å². The molecule has 0 aliphatic carbocycles. The fourth-order valence-electron chi connectivity index (χ4n) is 0.667. The molecule has 0 aliphatic rings. The second kappa shape index (κ2) is 4.58. The van der Waals surface area contributed by atoms with Gasteiger partial charge in [-0.05, 0) is 6.08 Å². The molecule has 1 unspecified atom stereocenters. The summed E-state index contributed by atoms with van der Waals surface area (Å²) in [6.07, 6.45) is 6.94. The number of hydrogen-bond acceptors (Lipinski definition) is 4. The molecule has 0 amide bonds. The number of aliphatic hydroxyl groups is 2. The lowest BCUT2D eigenvalue weighted by molar-refractivity contribution is 0.131. The van der Waals surface area contributed by atoms with Crippen LogP contribution < -0.4 is 0 Å². The summed E-state index contributed by atoms with van der Waals surface area (Å²) in [5.74, 6) is 0. The van der Waals surface area contributed by atoms with Crippen molar-refractivity contribution in [1.29, 1.82) is 0 Å². The van der Waals surface area contributed by atoms with Crippen LogP contribution in [-0.4, -0.2) is 32.9 Å². The lowest BCUT2D eigenvalue weighted by Gasteiger charge is -1.97. The maximum Gasteiger partial charge on any atom is 0.0955 e. The van der Waals surface area contributed by atoms with Crippen LogP contribution in [0.3, 0.4) is 0 Å². The predicted octanol–water partition coefficient (Wildman–Crippen LogP) is -0.157. The summed E-state index contributed by atoms with van der Waals surface area (Å²) in [4.78, 5) is 7.77. The number of aromatic nitrogens is 2. The molecule has 0 aromatic carbocycles. The van der Waals surface area contributed by atoms with Crippen molar-refractivity contribution in [2.45, 2.75) is 6.10 Å². The Labute approximate surface area is 70.2 Å². The lowest BCUT2D eigenvalue weighted by atomic mass is 10.3. The molecule has 0 aliphatic heterocycles. The summed E-state index contributed by atoms with van der Waals surface area (Å²) >= 11 is 0. The third kappa shape index (κ3) is 2.77. The minimum atomic E-state index is -0.827. The second-order valence-electron chi connectivity index (χ2n) is 2.24. The van der Waals surface area contributed by atoms with E-state index < -0.39 is 6.10 Å². The number of rotatable bonds is 3. The van der Waals surface area contributed by atoms with Crippen LogP contribution in [0.15, 0.2) is 24.7 Å². The molecule has 0 fully saturated rings. The van der Waals surface area contributed by atoms with E-state index in [2.05, 4.69) is 9.97 Å². The number of hydrogen-bond donors (Lipinski definition) is 2. The van der Waals surface area contributed by atoms with Crippen LogP contribution >= 0.6 is 0 Å². The third-order valence-corrected chi connectivity index (χ3v) is 1.26. The standard InChI is InChI=1S/C8H10N2O2/c11-6-8(12)2-1-7-5-9-3-4-10-7/h1-5,8,11-12H,6H2. The summed E-state index contributed by atoms with van der Waals surface area (Å²) < 4.78 is 0. The van der Waals surface area contributed by atoms with E-state index in [1.165, 1.54) is 6.08 Å². The van der Waals surface area contributed by atoms with Gasteiger partial charge in [0.15, 0.2) is 0 Å². The highest BCUT2D eigenvalue weighted by molar-refractivity contribution is 5.43. The Bertz CT molecular complexity index is 248. The van der Waals surface area contributed by atoms with E-state index in [0.717, 1.165) is 0 Å². The zero-order valence-corrected chi connectivity index (χ0v) is 6.46. The van der Waals surface area contributed by atoms with E-state index in [0.29, 0.717) is 5.69 Å². The van der Waals surface area contributed by atoms with Crippen molar-refractivity contribution in [3.63, 3.8) is 0 Å². The molecule has 1 heterocycles. The quantitative estimate of drug-likeness (QED) is 0.655. The molecule has 2 N–H and O–H groups in total. The normalized spacial score (nSPS) is 13.5. The van der Waals surface area contributed by atoms with E-state index in [-0.39, 0.29) is 6.61 Å². The van der Waals surface area contributed by atoms with Crippen molar-refractivity contribution in [2.75, 3.05) is 6.61 Å². The third-order valence-electron chi connectivity index (χ3n) is 1.26. The first-order valence-electron chi connectivity index (χ1n) is 3.56. The van der Waals surface area contributed by atoms with Gasteiger partial charge in [0.2, 0.25) is 0 Å². The average Bonchev–Trinajstić information content (AvgIpc) is 2.16. The predicted molar refractivity (Wildman–Crippen MR) is 44.2 cm³/mol. The Balaban J connectivity index is 2.58. The molecule has 4 nitrogen and oxygen atoms in total. The van der Waals surface area contributed by atoms with Crippen LogP contribution in [0.4, 0.5) is 0 Å². The van der Waals surface area contributed by atoms with Gasteiger partial charge >= 0.3 is 0 Å². The second-order valence-corrected chi connectivity index (χ2v) is 2.24. The number of aliphatic hydroxyl groups excluding tert-OH is 2. The first kappa shape index (κ1) is 8.83. The highest BCUT2D eigenvalue weighted by atomic mass is 16.3. The van der Waals surface area contributed by atoms with Crippen molar-refractivity contribution in [2.24, 2.45) is 0 Å². The average molecular weight is 166 g/mol. The Morgan fingerprint density at radius 2 is 2.33 bits per heavy atom. The van der Waals surface area contributed by atoms with E-state index in [4.69, 9.17) is 10.2 Å². The first-order chi connectivity index (χ1) is 5.83. The van der Waals surface area contributed by atoms with Gasteiger partial charge in [-0.3, -0.25) is 9.97 Å². The van der Waals surface area contributed by atoms with Gasteiger partial charge in [-0.2, -0.15) is 0 Å². The Hall–Kier alpha value is -1.26. The molecule has 1 aromatic rings. The fraction of sp³-hybridized carbons (Fsp3) is 0.250. The molecular formula is C8H10N2O2. The van der Waals surface area contributed by atoms with Gasteiger partial charge in [0, 0.05) is 12.4 Å². The lowest BCUT2D eigenvalue weighted by Crippen LogP contribution is -2.06. The first-order valence-corrected chi connectivity index (χ1v) is 3.56. The van der Waals surface area contributed by atoms with E-state index in [1.54, 1.807) is 24.7 Å². The molecule has 64 valence electrons. The van der Waals surface area contributed by atoms with Crippen molar-refractivity contribution >= 4 is 6.08 Å². The SMILES string of the molecule is OCC(O)C=Cc1cnccn1. The van der Waals surface area contributed by atoms with Crippen LogP contribution in [0.25, 0.3) is 6.08 Å². The molecule has 1 atom stereocenters. The highest BCUT2D eigenvalue weighted by Gasteiger charge is 1.93. The van der Waals surface area contributed by atoms with Crippen LogP contribution in [0, 0.1) is 0 Å². The van der Waals surface area contributed by atoms with Crippen molar-refractivity contribution in [1.82, 2.24) is 9.97 Å². The Kier molecular flexibility index (Phi) is 3.37. The van der Waals surface area contributed by atoms with Crippen LogP contribution in [0.5, 0.6) is 0 Å². The van der Waals surface area contributed by atoms with Crippen LogP contribution in [0.1, 0.15) is 5.69 Å². The summed E-state index contributed by atoms with van der Waals surface area (Å²) in [5, 5.41) is 17.4. The Morgan fingerprint density at radius 3 is 2.92 bits per heavy atom. The molecular weight excluding hydrogens is 156 g/mol. The monoisotopic (exact) mass is 166 g/mol. The summed E-state index contributed by atoms with van der Waals surface area (Å²) in [5.41, 5.74) is 0.657. The summed E-state index contributed by atoms with van der Waals surface area (Å²) in [6.45, 7) is -0.281. The van der Waals surface area contributed by atoms with Crippen molar-refractivity contribution < 1.29 is 10.2 Å². The molecule has 0 saturated carbocycles. The maximum absolute atomic E-state index is 8.93. The molecule has 1 aromatic heterocycles. The van der Waals surface area contributed by atoms with Crippen LogP contribution in [0.2, 0.25) is 0 Å². The fourth-order valence-corrected chi connectivity index (χ4v) is 0.667. The van der Waals surface area contributed by atoms with Crippen LogP contribution in [-0.2, 0) is 0 Å². The zero-order chi connectivity index (χ0) is 8.81. The zero-order valence-electron chi connectivity index (χ0n) is 6.46. The van der Waals surface area contributed by atoms with Gasteiger partial charge in [0.05, 0.1) is 24.6 Å². The minimum Gasteiger partial charge on any atom is -0.393 e. The topological polar surface area (TPSA) is 66.2 Å². The Morgan fingerprint density at radius 1 is 1.50 bits per heavy atom. The maximum atomic E-state index is 8.93. The van der Waals surface area contributed by atoms with E-state index in [9.17, 15) is 0 Å². The van der Waals surface area contributed by atoms with Gasteiger partial charge in [0.1, 0.15) is 0 Å². The van der Waals surface area contributed by atoms with Gasteiger partial charge in [-0.1, -0.05) is 6.08 Å².